The first-order valence-electron chi connectivity index (χ1n) is 11.7. The zero-order chi connectivity index (χ0) is 25.0. The molecule has 0 saturated heterocycles. The molecule has 4 heteroatoms. The second-order valence-corrected chi connectivity index (χ2v) is 14.2. The third kappa shape index (κ3) is 4.30. The maximum atomic E-state index is 11.9. The molecule has 0 heterocycles. The van der Waals surface area contributed by atoms with E-state index in [2.05, 4.69) is 32.9 Å². The molecular weight excluding hydrogens is 439 g/mol. The minimum atomic E-state index is -5.51. The number of fused-ring (bicyclic) bond motifs is 1. The summed E-state index contributed by atoms with van der Waals surface area (Å²) in [5, 5.41) is 2.23. The molecule has 0 unspecified atom stereocenters. The van der Waals surface area contributed by atoms with E-state index in [9.17, 15) is 14.7 Å². The van der Waals surface area contributed by atoms with Crippen LogP contribution >= 0.6 is 7.28 Å². The van der Waals surface area contributed by atoms with Gasteiger partial charge in [-0.3, -0.25) is 0 Å². The Balaban J connectivity index is 2.25. The summed E-state index contributed by atoms with van der Waals surface area (Å²) >= 11 is 0. The molecule has 0 aliphatic carbocycles. The van der Waals surface area contributed by atoms with Crippen LogP contribution in [0.3, 0.4) is 0 Å². The van der Waals surface area contributed by atoms with Gasteiger partial charge in [-0.05, 0) is 0 Å². The Bertz CT molecular complexity index is 1340. The summed E-state index contributed by atoms with van der Waals surface area (Å²) < 4.78 is 0. The van der Waals surface area contributed by atoms with Gasteiger partial charge in [0, 0.05) is 0 Å². The standard InChI is InChI=1S/C30H35O3P/c1-29(2,3)23-17-18-25-22(19-23)20-26(30(4,5)6)28(27(25)21-13-9-7-10-14-21)34(31,32,33)24-15-11-8-12-16-24/h7-20,31-33H,1-6H3. The molecule has 4 rings (SSSR count). The van der Waals surface area contributed by atoms with Gasteiger partial charge in [0.05, 0.1) is 0 Å². The normalized spacial score (nSPS) is 14.1. The molecule has 0 saturated carbocycles. The van der Waals surface area contributed by atoms with E-state index in [1.807, 2.05) is 63.2 Å². The second-order valence-electron chi connectivity index (χ2n) is 11.3. The van der Waals surface area contributed by atoms with Crippen molar-refractivity contribution in [3.8, 4) is 11.1 Å². The van der Waals surface area contributed by atoms with Crippen LogP contribution in [0.1, 0.15) is 52.7 Å². The van der Waals surface area contributed by atoms with Crippen LogP contribution in [0.25, 0.3) is 21.9 Å². The molecule has 4 aromatic carbocycles. The van der Waals surface area contributed by atoms with Crippen molar-refractivity contribution in [1.82, 2.24) is 0 Å². The van der Waals surface area contributed by atoms with Crippen LogP contribution in [0, 0.1) is 0 Å². The van der Waals surface area contributed by atoms with Crippen LogP contribution in [0.4, 0.5) is 0 Å². The molecule has 0 atom stereocenters. The van der Waals surface area contributed by atoms with Crippen LogP contribution in [0.2, 0.25) is 0 Å². The van der Waals surface area contributed by atoms with E-state index in [1.165, 1.54) is 5.56 Å². The summed E-state index contributed by atoms with van der Waals surface area (Å²) in [6.45, 7) is 12.7. The molecule has 0 radical (unpaired) electrons. The molecule has 0 aliphatic rings. The Morgan fingerprint density at radius 1 is 0.618 bits per heavy atom. The fourth-order valence-electron chi connectivity index (χ4n) is 4.59. The summed E-state index contributed by atoms with van der Waals surface area (Å²) in [4.78, 5) is 35.7. The van der Waals surface area contributed by atoms with E-state index in [1.54, 1.807) is 30.3 Å². The molecule has 0 bridgehead atoms. The maximum absolute atomic E-state index is 11.9. The molecule has 0 fully saturated rings. The van der Waals surface area contributed by atoms with Crippen molar-refractivity contribution in [3.05, 3.63) is 96.1 Å². The fourth-order valence-corrected chi connectivity index (χ4v) is 7.07. The average Bonchev–Trinajstić information content (AvgIpc) is 2.77. The molecule has 0 amide bonds. The van der Waals surface area contributed by atoms with E-state index in [0.29, 0.717) is 5.56 Å². The molecule has 4 aromatic rings. The van der Waals surface area contributed by atoms with E-state index < -0.39 is 12.7 Å². The van der Waals surface area contributed by atoms with Gasteiger partial charge < -0.3 is 0 Å². The van der Waals surface area contributed by atoms with Gasteiger partial charge in [-0.25, -0.2) is 0 Å². The fraction of sp³-hybridized carbons (Fsp3) is 0.267. The van der Waals surface area contributed by atoms with Crippen LogP contribution in [-0.2, 0) is 10.8 Å². The molecular formula is C30H35O3P. The van der Waals surface area contributed by atoms with Gasteiger partial charge in [0.1, 0.15) is 0 Å². The average molecular weight is 475 g/mol. The van der Waals surface area contributed by atoms with E-state index in [4.69, 9.17) is 0 Å². The van der Waals surface area contributed by atoms with Crippen molar-refractivity contribution < 1.29 is 14.7 Å². The predicted molar refractivity (Wildman–Crippen MR) is 146 cm³/mol. The van der Waals surface area contributed by atoms with Crippen molar-refractivity contribution in [3.63, 3.8) is 0 Å². The van der Waals surface area contributed by atoms with Crippen molar-refractivity contribution in [2.24, 2.45) is 0 Å². The van der Waals surface area contributed by atoms with E-state index >= 15 is 0 Å². The monoisotopic (exact) mass is 474 g/mol. The zero-order valence-electron chi connectivity index (χ0n) is 20.9. The van der Waals surface area contributed by atoms with Gasteiger partial charge in [0.15, 0.2) is 0 Å². The third-order valence-electron chi connectivity index (χ3n) is 6.49. The van der Waals surface area contributed by atoms with Gasteiger partial charge in [-0.2, -0.15) is 0 Å². The first kappa shape index (κ1) is 24.6. The summed E-state index contributed by atoms with van der Waals surface area (Å²) in [5.74, 6) is 0. The first-order chi connectivity index (χ1) is 15.7. The number of benzene rings is 4. The number of rotatable bonds is 3. The van der Waals surface area contributed by atoms with Crippen LogP contribution in [0.5, 0.6) is 0 Å². The first-order valence-corrected chi connectivity index (χ1v) is 13.8. The minimum absolute atomic E-state index is 0.0319. The van der Waals surface area contributed by atoms with Crippen LogP contribution in [-0.4, -0.2) is 14.7 Å². The molecule has 0 aromatic heterocycles. The Morgan fingerprint density at radius 3 is 1.71 bits per heavy atom. The zero-order valence-corrected chi connectivity index (χ0v) is 21.8. The summed E-state index contributed by atoms with van der Waals surface area (Å²) in [6.07, 6.45) is 0. The SMILES string of the molecule is CC(C)(C)c1ccc2c(-c3ccccc3)c(P(O)(O)(O)c3ccccc3)c(C(C)(C)C)cc2c1. The van der Waals surface area contributed by atoms with Gasteiger partial charge in [0.25, 0.3) is 0 Å². The summed E-state index contributed by atoms with van der Waals surface area (Å²) in [6, 6.07) is 26.5. The van der Waals surface area contributed by atoms with Crippen molar-refractivity contribution >= 4 is 28.7 Å². The van der Waals surface area contributed by atoms with Crippen molar-refractivity contribution in [2.45, 2.75) is 52.4 Å². The third-order valence-corrected chi connectivity index (χ3v) is 9.03. The van der Waals surface area contributed by atoms with Crippen molar-refractivity contribution in [1.29, 1.82) is 0 Å². The van der Waals surface area contributed by atoms with Crippen LogP contribution in [0.15, 0.2) is 84.9 Å². The summed E-state index contributed by atoms with van der Waals surface area (Å²) in [7, 11) is -5.51. The molecule has 3 N–H and O–H groups in total. The molecule has 0 aliphatic heterocycles. The van der Waals surface area contributed by atoms with Crippen LogP contribution < -0.4 is 10.6 Å². The topological polar surface area (TPSA) is 60.7 Å². The van der Waals surface area contributed by atoms with Gasteiger partial charge in [-0.15, -0.1) is 0 Å². The van der Waals surface area contributed by atoms with E-state index in [-0.39, 0.29) is 16.0 Å². The quantitative estimate of drug-likeness (QED) is 0.304. The Hall–Kier alpha value is -2.55. The second kappa shape index (κ2) is 8.00. The molecule has 178 valence electrons. The number of hydrogen-bond acceptors (Lipinski definition) is 3. The Morgan fingerprint density at radius 2 is 1.18 bits per heavy atom. The summed E-state index contributed by atoms with van der Waals surface area (Å²) in [5.41, 5.74) is 2.92. The predicted octanol–water partition coefficient (Wildman–Crippen LogP) is 6.33. The molecule has 0 spiro atoms. The molecule has 3 nitrogen and oxygen atoms in total. The van der Waals surface area contributed by atoms with Gasteiger partial charge in [-0.1, -0.05) is 0 Å². The Kier molecular flexibility index (Phi) is 5.78. The van der Waals surface area contributed by atoms with Crippen molar-refractivity contribution in [2.75, 3.05) is 0 Å². The number of hydrogen-bond donors (Lipinski definition) is 3. The van der Waals surface area contributed by atoms with E-state index in [0.717, 1.165) is 21.9 Å². The molecule has 34 heavy (non-hydrogen) atoms. The van der Waals surface area contributed by atoms with Gasteiger partial charge >= 0.3 is 203 Å². The van der Waals surface area contributed by atoms with Gasteiger partial charge in [0.2, 0.25) is 0 Å². The Labute approximate surface area is 202 Å².